The Bertz CT molecular complexity index is 956. The summed E-state index contributed by atoms with van der Waals surface area (Å²) in [7, 11) is 0. The Hall–Kier alpha value is -2.46. The number of hydrogen-bond donors (Lipinski definition) is 2. The van der Waals surface area contributed by atoms with Crippen LogP contribution in [0.15, 0.2) is 65.2 Å². The van der Waals surface area contributed by atoms with Crippen molar-refractivity contribution in [3.63, 3.8) is 0 Å². The quantitative estimate of drug-likeness (QED) is 0.696. The van der Waals surface area contributed by atoms with Crippen LogP contribution in [0.2, 0.25) is 5.02 Å². The first-order valence-corrected chi connectivity index (χ1v) is 10.7. The van der Waals surface area contributed by atoms with Crippen molar-refractivity contribution in [2.45, 2.75) is 18.6 Å². The van der Waals surface area contributed by atoms with E-state index in [4.69, 9.17) is 16.3 Å². The third-order valence-electron chi connectivity index (χ3n) is 4.95. The molecule has 0 bridgehead atoms. The van der Waals surface area contributed by atoms with Crippen molar-refractivity contribution in [1.29, 1.82) is 5.26 Å². The van der Waals surface area contributed by atoms with Gasteiger partial charge < -0.3 is 15.2 Å². The zero-order valence-electron chi connectivity index (χ0n) is 16.1. The van der Waals surface area contributed by atoms with Gasteiger partial charge in [0.25, 0.3) is 0 Å². The van der Waals surface area contributed by atoms with Gasteiger partial charge in [-0.15, -0.1) is 11.8 Å². The zero-order valence-corrected chi connectivity index (χ0v) is 17.6. The largest absolute Gasteiger partial charge is 0.466 e. The van der Waals surface area contributed by atoms with Crippen LogP contribution in [0, 0.1) is 17.2 Å². The van der Waals surface area contributed by atoms with Gasteiger partial charge >= 0.3 is 5.97 Å². The number of carbonyl (C=O) groups excluding carboxylic acids is 1. The maximum absolute atomic E-state index is 13.1. The lowest BCUT2D eigenvalue weighted by Gasteiger charge is -2.45. The van der Waals surface area contributed by atoms with Crippen molar-refractivity contribution in [3.8, 4) is 6.07 Å². The highest BCUT2D eigenvalue weighted by atomic mass is 35.5. The van der Waals surface area contributed by atoms with Gasteiger partial charge in [0, 0.05) is 16.5 Å². The van der Waals surface area contributed by atoms with Gasteiger partial charge in [0.2, 0.25) is 0 Å². The van der Waals surface area contributed by atoms with Crippen LogP contribution in [0.25, 0.3) is 0 Å². The Labute approximate surface area is 179 Å². The van der Waals surface area contributed by atoms with Gasteiger partial charge in [0.1, 0.15) is 5.92 Å². The molecule has 0 saturated carbocycles. The number of nitriles is 1. The fraction of sp³-hybridized carbons (Fsp3) is 0.273. The smallest absolute Gasteiger partial charge is 0.315 e. The SMILES string of the molecule is CCOC(=O)[C@H]1[C@H](c2ccc(Cl)cc2)C(C#N)=C(SC)N[C@]1(O)c1ccccc1. The van der Waals surface area contributed by atoms with Crippen molar-refractivity contribution in [2.75, 3.05) is 12.9 Å². The fourth-order valence-electron chi connectivity index (χ4n) is 3.66. The van der Waals surface area contributed by atoms with Gasteiger partial charge in [0.05, 0.1) is 23.3 Å². The van der Waals surface area contributed by atoms with Gasteiger partial charge in [-0.25, -0.2) is 0 Å². The molecule has 0 unspecified atom stereocenters. The molecule has 7 heteroatoms. The molecule has 0 aliphatic carbocycles. The average molecular weight is 429 g/mol. The number of ether oxygens (including phenoxy) is 1. The molecule has 29 heavy (non-hydrogen) atoms. The highest BCUT2D eigenvalue weighted by molar-refractivity contribution is 8.02. The van der Waals surface area contributed by atoms with E-state index in [-0.39, 0.29) is 6.61 Å². The molecule has 3 atom stereocenters. The summed E-state index contributed by atoms with van der Waals surface area (Å²) in [5, 5.41) is 25.8. The van der Waals surface area contributed by atoms with Crippen LogP contribution in [0.4, 0.5) is 0 Å². The van der Waals surface area contributed by atoms with E-state index in [9.17, 15) is 15.2 Å². The molecule has 0 saturated heterocycles. The molecule has 2 aromatic rings. The molecule has 1 aliphatic heterocycles. The number of benzene rings is 2. The van der Waals surface area contributed by atoms with Crippen LogP contribution in [0.1, 0.15) is 24.0 Å². The Morgan fingerprint density at radius 3 is 2.48 bits per heavy atom. The number of carbonyl (C=O) groups is 1. The van der Waals surface area contributed by atoms with Gasteiger partial charge in [-0.2, -0.15) is 5.26 Å². The van der Waals surface area contributed by atoms with E-state index in [1.54, 1.807) is 55.5 Å². The topological polar surface area (TPSA) is 82.4 Å². The molecule has 0 aromatic heterocycles. The van der Waals surface area contributed by atoms with Crippen LogP contribution < -0.4 is 5.32 Å². The highest BCUT2D eigenvalue weighted by Crippen LogP contribution is 2.48. The van der Waals surface area contributed by atoms with E-state index < -0.39 is 23.5 Å². The lowest BCUT2D eigenvalue weighted by atomic mass is 9.71. The number of nitrogens with zero attached hydrogens (tertiary/aromatic N) is 1. The first-order valence-electron chi connectivity index (χ1n) is 9.12. The van der Waals surface area contributed by atoms with E-state index in [0.29, 0.717) is 26.8 Å². The van der Waals surface area contributed by atoms with Crippen LogP contribution >= 0.6 is 23.4 Å². The molecule has 2 N–H and O–H groups in total. The molecule has 2 aromatic carbocycles. The number of thioether (sulfide) groups is 1. The number of allylic oxidation sites excluding steroid dienone is 1. The lowest BCUT2D eigenvalue weighted by Crippen LogP contribution is -2.56. The molecule has 0 spiro atoms. The summed E-state index contributed by atoms with van der Waals surface area (Å²) in [5.74, 6) is -2.36. The van der Waals surface area contributed by atoms with Crippen molar-refractivity contribution in [2.24, 2.45) is 5.92 Å². The molecule has 150 valence electrons. The molecular weight excluding hydrogens is 408 g/mol. The van der Waals surface area contributed by atoms with Crippen LogP contribution in [-0.2, 0) is 15.3 Å². The number of rotatable bonds is 5. The van der Waals surface area contributed by atoms with Crippen molar-refractivity contribution in [1.82, 2.24) is 5.32 Å². The Morgan fingerprint density at radius 1 is 1.28 bits per heavy atom. The molecular formula is C22H21ClN2O3S. The minimum absolute atomic E-state index is 0.161. The van der Waals surface area contributed by atoms with Crippen LogP contribution in [-0.4, -0.2) is 23.9 Å². The first kappa shape index (κ1) is 21.3. The average Bonchev–Trinajstić information content (AvgIpc) is 2.74. The Kier molecular flexibility index (Phi) is 6.53. The summed E-state index contributed by atoms with van der Waals surface area (Å²) in [5.41, 5.74) is -0.165. The molecule has 0 radical (unpaired) electrons. The molecule has 1 heterocycles. The summed E-state index contributed by atoms with van der Waals surface area (Å²) >= 11 is 7.35. The third kappa shape index (κ3) is 3.99. The van der Waals surface area contributed by atoms with E-state index in [1.807, 2.05) is 12.3 Å². The van der Waals surface area contributed by atoms with E-state index >= 15 is 0 Å². The van der Waals surface area contributed by atoms with Crippen LogP contribution in [0.5, 0.6) is 0 Å². The van der Waals surface area contributed by atoms with Gasteiger partial charge in [0.15, 0.2) is 5.72 Å². The van der Waals surface area contributed by atoms with Crippen molar-refractivity contribution in [3.05, 3.63) is 81.3 Å². The maximum Gasteiger partial charge on any atom is 0.315 e. The number of nitrogens with one attached hydrogen (secondary N) is 1. The van der Waals surface area contributed by atoms with Crippen LogP contribution in [0.3, 0.4) is 0 Å². The summed E-state index contributed by atoms with van der Waals surface area (Å²) < 4.78 is 5.33. The number of halogens is 1. The van der Waals surface area contributed by atoms with E-state index in [0.717, 1.165) is 0 Å². The second kappa shape index (κ2) is 8.91. The molecule has 0 fully saturated rings. The number of hydrogen-bond acceptors (Lipinski definition) is 6. The first-order chi connectivity index (χ1) is 14.0. The highest BCUT2D eigenvalue weighted by Gasteiger charge is 2.54. The number of aliphatic hydroxyl groups is 1. The zero-order chi connectivity index (χ0) is 21.0. The van der Waals surface area contributed by atoms with Gasteiger partial charge in [-0.05, 0) is 30.9 Å². The lowest BCUT2D eigenvalue weighted by molar-refractivity contribution is -0.164. The minimum atomic E-state index is -1.75. The predicted octanol–water partition coefficient (Wildman–Crippen LogP) is 4.15. The summed E-state index contributed by atoms with van der Waals surface area (Å²) in [4.78, 5) is 13.1. The number of esters is 1. The Balaban J connectivity index is 2.28. The van der Waals surface area contributed by atoms with Crippen molar-refractivity contribution < 1.29 is 14.6 Å². The monoisotopic (exact) mass is 428 g/mol. The summed E-state index contributed by atoms with van der Waals surface area (Å²) in [6.45, 7) is 1.87. The summed E-state index contributed by atoms with van der Waals surface area (Å²) in [6.07, 6.45) is 1.81. The summed E-state index contributed by atoms with van der Waals surface area (Å²) in [6, 6.07) is 18.1. The van der Waals surface area contributed by atoms with E-state index in [2.05, 4.69) is 11.4 Å². The second-order valence-electron chi connectivity index (χ2n) is 6.58. The third-order valence-corrected chi connectivity index (χ3v) is 5.93. The molecule has 3 rings (SSSR count). The fourth-order valence-corrected chi connectivity index (χ4v) is 4.44. The molecule has 1 aliphatic rings. The minimum Gasteiger partial charge on any atom is -0.466 e. The normalized spacial score (nSPS) is 23.8. The predicted molar refractivity (Wildman–Crippen MR) is 114 cm³/mol. The maximum atomic E-state index is 13.1. The molecule has 5 nitrogen and oxygen atoms in total. The van der Waals surface area contributed by atoms with Gasteiger partial charge in [-0.1, -0.05) is 54.1 Å². The molecule has 0 amide bonds. The van der Waals surface area contributed by atoms with Gasteiger partial charge in [-0.3, -0.25) is 4.79 Å². The Morgan fingerprint density at radius 2 is 1.93 bits per heavy atom. The standard InChI is InChI=1S/C22H21ClN2O3S/c1-3-28-21(26)19-18(14-9-11-16(23)12-10-14)17(13-24)20(29-2)25-22(19,27)15-7-5-4-6-8-15/h4-12,18-19,25,27H,3H2,1-2H3/t18-,19-,22+/m1/s1. The second-order valence-corrected chi connectivity index (χ2v) is 7.83. The van der Waals surface area contributed by atoms with E-state index in [1.165, 1.54) is 11.8 Å². The van der Waals surface area contributed by atoms with Crippen molar-refractivity contribution >= 4 is 29.3 Å².